The predicted molar refractivity (Wildman–Crippen MR) is 138 cm³/mol. The molecule has 0 unspecified atom stereocenters. The largest absolute Gasteiger partial charge is 0.348 e. The van der Waals surface area contributed by atoms with Crippen LogP contribution in [0.15, 0.2) is 69.9 Å². The molecule has 0 aliphatic carbocycles. The topological polar surface area (TPSA) is 65.2 Å². The van der Waals surface area contributed by atoms with E-state index >= 15 is 0 Å². The molecule has 0 aliphatic rings. The summed E-state index contributed by atoms with van der Waals surface area (Å²) < 4.78 is 0. The molecule has 0 radical (unpaired) electrons. The average molecular weight is 434 g/mol. The van der Waals surface area contributed by atoms with Crippen LogP contribution < -0.4 is 5.32 Å². The Hall–Kier alpha value is -3.37. The lowest BCUT2D eigenvalue weighted by Crippen LogP contribution is -2.23. The summed E-state index contributed by atoms with van der Waals surface area (Å²) in [4.78, 5) is 12.3. The van der Waals surface area contributed by atoms with Crippen molar-refractivity contribution in [2.45, 2.75) is 66.7 Å². The van der Waals surface area contributed by atoms with Gasteiger partial charge in [-0.2, -0.15) is 5.26 Å². The van der Waals surface area contributed by atoms with Crippen molar-refractivity contribution < 1.29 is 4.79 Å². The Kier molecular flexibility index (Phi) is 20.1. The minimum Gasteiger partial charge on any atom is -0.348 e. The number of allylic oxidation sites excluding steroid dienone is 6. The zero-order valence-corrected chi connectivity index (χ0v) is 20.7. The highest BCUT2D eigenvalue weighted by molar-refractivity contribution is 5.83. The van der Waals surface area contributed by atoms with Crippen LogP contribution in [0.3, 0.4) is 0 Å². The molecule has 1 aromatic carbocycles. The zero-order valence-electron chi connectivity index (χ0n) is 20.7. The molecule has 0 amide bonds. The molecule has 1 N–H and O–H groups in total. The van der Waals surface area contributed by atoms with Crippen LogP contribution >= 0.6 is 0 Å². The molecule has 0 heterocycles. The first kappa shape index (κ1) is 30.8. The van der Waals surface area contributed by atoms with E-state index in [1.807, 2.05) is 44.2 Å². The highest BCUT2D eigenvalue weighted by Gasteiger charge is 2.06. The summed E-state index contributed by atoms with van der Waals surface area (Å²) in [6, 6.07) is 11.2. The van der Waals surface area contributed by atoms with E-state index in [9.17, 15) is 0 Å². The van der Waals surface area contributed by atoms with Crippen LogP contribution in [0.5, 0.6) is 0 Å². The predicted octanol–water partition coefficient (Wildman–Crippen LogP) is 6.77. The molecule has 172 valence electrons. The maximum Gasteiger partial charge on any atom is 0.106 e. The second-order valence-electron chi connectivity index (χ2n) is 7.25. The molecule has 32 heavy (non-hydrogen) atoms. The molecule has 4 heteroatoms. The van der Waals surface area contributed by atoms with E-state index in [-0.39, 0.29) is 0 Å². The van der Waals surface area contributed by atoms with Crippen LogP contribution in [0.2, 0.25) is 0 Å². The summed E-state index contributed by atoms with van der Waals surface area (Å²) in [5.41, 5.74) is 5.55. The van der Waals surface area contributed by atoms with Gasteiger partial charge in [0.2, 0.25) is 0 Å². The first-order valence-corrected chi connectivity index (χ1v) is 10.9. The van der Waals surface area contributed by atoms with Gasteiger partial charge in [-0.1, -0.05) is 62.1 Å². The van der Waals surface area contributed by atoms with Crippen molar-refractivity contribution in [2.75, 3.05) is 7.05 Å². The Balaban J connectivity index is 0. The molecule has 0 atom stereocenters. The lowest BCUT2D eigenvalue weighted by Gasteiger charge is -2.16. The first-order chi connectivity index (χ1) is 15.4. The van der Waals surface area contributed by atoms with Gasteiger partial charge in [0.05, 0.1) is 17.5 Å². The van der Waals surface area contributed by atoms with Crippen molar-refractivity contribution in [1.82, 2.24) is 5.32 Å². The van der Waals surface area contributed by atoms with Crippen molar-refractivity contribution in [3.63, 3.8) is 0 Å². The number of carbonyl (C=O) groups excluding carboxylic acids is 1. The number of hydrogen-bond acceptors (Lipinski definition) is 3. The monoisotopic (exact) mass is 433 g/mol. The van der Waals surface area contributed by atoms with Gasteiger partial charge in [-0.15, -0.1) is 6.42 Å². The second-order valence-corrected chi connectivity index (χ2v) is 7.25. The van der Waals surface area contributed by atoms with Crippen LogP contribution in [0.1, 0.15) is 72.3 Å². The van der Waals surface area contributed by atoms with E-state index in [4.69, 9.17) is 16.5 Å². The van der Waals surface area contributed by atoms with Gasteiger partial charge in [-0.25, -0.2) is 0 Å². The Morgan fingerprint density at radius 3 is 2.19 bits per heavy atom. The van der Waals surface area contributed by atoms with Gasteiger partial charge in [0.1, 0.15) is 6.79 Å². The fourth-order valence-electron chi connectivity index (χ4n) is 2.54. The molecule has 4 nitrogen and oxygen atoms in total. The van der Waals surface area contributed by atoms with Crippen molar-refractivity contribution in [2.24, 2.45) is 4.99 Å². The zero-order chi connectivity index (χ0) is 24.8. The van der Waals surface area contributed by atoms with E-state index in [2.05, 4.69) is 56.9 Å². The summed E-state index contributed by atoms with van der Waals surface area (Å²) in [5, 5.41) is 11.8. The van der Waals surface area contributed by atoms with Gasteiger partial charge < -0.3 is 10.1 Å². The summed E-state index contributed by atoms with van der Waals surface area (Å²) in [5.74, 6) is 3.83. The van der Waals surface area contributed by atoms with Gasteiger partial charge in [-0.3, -0.25) is 4.99 Å². The van der Waals surface area contributed by atoms with E-state index < -0.39 is 0 Å². The van der Waals surface area contributed by atoms with Crippen LogP contribution in [0.25, 0.3) is 0 Å². The Labute approximate surface area is 195 Å². The molecule has 0 spiro atoms. The molecule has 1 aromatic rings. The third kappa shape index (κ3) is 15.5. The Morgan fingerprint density at radius 2 is 1.78 bits per heavy atom. The molecule has 1 rings (SSSR count). The third-order valence-electron chi connectivity index (χ3n) is 4.36. The highest BCUT2D eigenvalue weighted by Crippen LogP contribution is 2.18. The first-order valence-electron chi connectivity index (χ1n) is 10.9. The van der Waals surface area contributed by atoms with E-state index in [0.717, 1.165) is 30.7 Å². The highest BCUT2D eigenvalue weighted by atomic mass is 16.1. The standard InChI is InChI=1S/C20H32N2.C7H5N.CH2O/c1-8-11-12-19(22-20(10-3)21-7)17(6)15-18(9-2)14-13-16(4)5;8-6-7-4-2-1-3-5-7;1-2/h2,13-14H,8,10-12,15H2,1,3-7H3,(H,21,22);1-5H;1H2/b18-14+,19-17+;;. The Bertz CT molecular complexity index is 843. The number of unbranched alkanes of at least 4 members (excludes halogenated alkanes) is 1. The van der Waals surface area contributed by atoms with Crippen LogP contribution in [0.4, 0.5) is 0 Å². The van der Waals surface area contributed by atoms with Gasteiger partial charge in [0.25, 0.3) is 0 Å². The maximum atomic E-state index is 8.29. The van der Waals surface area contributed by atoms with Gasteiger partial charge in [-0.05, 0) is 51.3 Å². The van der Waals surface area contributed by atoms with E-state index in [0.29, 0.717) is 5.56 Å². The number of amidine groups is 1. The average Bonchev–Trinajstić information content (AvgIpc) is 2.83. The molecule has 0 fully saturated rings. The molecular formula is C28H39N3O. The number of nitrogens with zero attached hydrogens (tertiary/aromatic N) is 2. The van der Waals surface area contributed by atoms with Crippen molar-refractivity contribution >= 4 is 12.6 Å². The maximum absolute atomic E-state index is 8.29. The molecule has 0 aliphatic heterocycles. The molecule has 0 bridgehead atoms. The second kappa shape index (κ2) is 20.9. The number of nitrogens with one attached hydrogen (secondary N) is 1. The quantitative estimate of drug-likeness (QED) is 0.213. The third-order valence-corrected chi connectivity index (χ3v) is 4.36. The molecular weight excluding hydrogens is 394 g/mol. The molecule has 0 saturated heterocycles. The number of rotatable bonds is 8. The summed E-state index contributed by atoms with van der Waals surface area (Å²) >= 11 is 0. The summed E-state index contributed by atoms with van der Waals surface area (Å²) in [7, 11) is 1.83. The lowest BCUT2D eigenvalue weighted by molar-refractivity contribution is -0.0979. The summed E-state index contributed by atoms with van der Waals surface area (Å²) in [6.45, 7) is 12.6. The minimum atomic E-state index is 0.715. The van der Waals surface area contributed by atoms with Gasteiger partial charge in [0.15, 0.2) is 0 Å². The SMILES string of the molecule is C#C/C(=C\C=C(C)C)C/C(C)=C(\CCCC)NC(CC)=NC.C=O.N#Cc1ccccc1. The fraction of sp³-hybridized carbons (Fsp3) is 0.393. The van der Waals surface area contributed by atoms with Gasteiger partial charge >= 0.3 is 0 Å². The number of hydrogen-bond donors (Lipinski definition) is 1. The number of aliphatic imine (C=N–C) groups is 1. The van der Waals surface area contributed by atoms with Crippen molar-refractivity contribution in [3.05, 3.63) is 70.5 Å². The minimum absolute atomic E-state index is 0.715. The van der Waals surface area contributed by atoms with Crippen LogP contribution in [-0.2, 0) is 4.79 Å². The van der Waals surface area contributed by atoms with E-state index in [1.165, 1.54) is 29.7 Å². The van der Waals surface area contributed by atoms with Crippen LogP contribution in [0, 0.1) is 23.7 Å². The molecule has 0 aromatic heterocycles. The normalized spacial score (nSPS) is 11.2. The number of nitriles is 1. The fourth-order valence-corrected chi connectivity index (χ4v) is 2.54. The van der Waals surface area contributed by atoms with E-state index in [1.54, 1.807) is 12.1 Å². The Morgan fingerprint density at radius 1 is 1.16 bits per heavy atom. The number of benzene rings is 1. The smallest absolute Gasteiger partial charge is 0.106 e. The van der Waals surface area contributed by atoms with Gasteiger partial charge in [0, 0.05) is 31.2 Å². The number of carbonyl (C=O) groups is 1. The van der Waals surface area contributed by atoms with Crippen molar-refractivity contribution in [1.29, 1.82) is 5.26 Å². The molecule has 0 saturated carbocycles. The van der Waals surface area contributed by atoms with Crippen molar-refractivity contribution in [3.8, 4) is 18.4 Å². The number of terminal acetylenes is 1. The lowest BCUT2D eigenvalue weighted by atomic mass is 10.0. The van der Waals surface area contributed by atoms with Crippen LogP contribution in [-0.4, -0.2) is 19.7 Å². The summed E-state index contributed by atoms with van der Waals surface area (Å²) in [6.07, 6.45) is 14.9.